The Labute approximate surface area is 193 Å². The summed E-state index contributed by atoms with van der Waals surface area (Å²) in [5.74, 6) is 0. The predicted octanol–water partition coefficient (Wildman–Crippen LogP) is 2.77. The van der Waals surface area contributed by atoms with Crippen molar-refractivity contribution in [2.45, 2.75) is 19.6 Å². The normalized spacial score (nSPS) is 11.8. The van der Waals surface area contributed by atoms with Crippen LogP contribution in [0.2, 0.25) is 0 Å². The monoisotopic (exact) mass is 454 g/mol. The van der Waals surface area contributed by atoms with Gasteiger partial charge in [0.25, 0.3) is 0 Å². The van der Waals surface area contributed by atoms with Crippen LogP contribution in [-0.2, 0) is 33.8 Å². The average molecular weight is 455 g/mol. The summed E-state index contributed by atoms with van der Waals surface area (Å²) < 4.78 is 4.57. The zero-order chi connectivity index (χ0) is 22.4. The Kier molecular flexibility index (Phi) is 8.49. The minimum atomic E-state index is -1.50. The Morgan fingerprint density at radius 2 is 0.710 bits per heavy atom. The third-order valence-corrected chi connectivity index (χ3v) is 8.96. The molecule has 0 radical (unpaired) electrons. The molecule has 0 saturated heterocycles. The Balaban J connectivity index is 2.26. The SMILES string of the molecule is CN(C)Cc1cccc[c]1[Cr]([c]1ccccc1CN(C)C)[c]1ccccc1CN(C)C. The quantitative estimate of drug-likeness (QED) is 0.492. The molecule has 3 aromatic carbocycles. The van der Waals surface area contributed by atoms with Crippen molar-refractivity contribution in [2.75, 3.05) is 42.3 Å². The van der Waals surface area contributed by atoms with Gasteiger partial charge in [-0.25, -0.2) is 0 Å². The van der Waals surface area contributed by atoms with Crippen molar-refractivity contribution in [3.8, 4) is 0 Å². The van der Waals surface area contributed by atoms with Gasteiger partial charge in [0.2, 0.25) is 0 Å². The van der Waals surface area contributed by atoms with E-state index in [2.05, 4.69) is 130 Å². The number of nitrogens with zero attached hydrogens (tertiary/aromatic N) is 3. The van der Waals surface area contributed by atoms with Crippen LogP contribution in [0.4, 0.5) is 0 Å². The van der Waals surface area contributed by atoms with Gasteiger partial charge in [-0.15, -0.1) is 0 Å². The van der Waals surface area contributed by atoms with E-state index in [1.807, 2.05) is 0 Å². The maximum atomic E-state index is 2.38. The van der Waals surface area contributed by atoms with Gasteiger partial charge in [0, 0.05) is 0 Å². The van der Waals surface area contributed by atoms with Crippen LogP contribution in [0.15, 0.2) is 72.8 Å². The molecule has 0 aromatic heterocycles. The topological polar surface area (TPSA) is 9.72 Å². The molecule has 0 aliphatic heterocycles. The van der Waals surface area contributed by atoms with E-state index >= 15 is 0 Å². The van der Waals surface area contributed by atoms with Gasteiger partial charge in [0.15, 0.2) is 0 Å². The summed E-state index contributed by atoms with van der Waals surface area (Å²) in [6.07, 6.45) is 0. The fourth-order valence-corrected chi connectivity index (χ4v) is 7.84. The molecule has 0 aliphatic rings. The first-order valence-electron chi connectivity index (χ1n) is 10.8. The van der Waals surface area contributed by atoms with E-state index in [1.165, 1.54) is 30.0 Å². The molecule has 3 nitrogen and oxygen atoms in total. The molecule has 4 heteroatoms. The van der Waals surface area contributed by atoms with E-state index in [4.69, 9.17) is 0 Å². The van der Waals surface area contributed by atoms with Gasteiger partial charge in [-0.05, 0) is 0 Å². The first kappa shape index (κ1) is 23.7. The second-order valence-electron chi connectivity index (χ2n) is 8.84. The summed E-state index contributed by atoms with van der Waals surface area (Å²) >= 11 is -1.50. The molecule has 0 unspecified atom stereocenters. The molecule has 0 bridgehead atoms. The second-order valence-corrected chi connectivity index (χ2v) is 11.9. The van der Waals surface area contributed by atoms with Crippen molar-refractivity contribution in [3.05, 3.63) is 89.5 Å². The Bertz CT molecular complexity index is 854. The molecule has 165 valence electrons. The fraction of sp³-hybridized carbons (Fsp3) is 0.333. The molecule has 0 fully saturated rings. The summed E-state index contributed by atoms with van der Waals surface area (Å²) in [6, 6.07) is 27.3. The molecule has 0 N–H and O–H groups in total. The third-order valence-electron chi connectivity index (χ3n) is 5.04. The summed E-state index contributed by atoms with van der Waals surface area (Å²) in [5, 5.41) is 0. The molecule has 3 aromatic rings. The van der Waals surface area contributed by atoms with E-state index in [9.17, 15) is 0 Å². The molecule has 31 heavy (non-hydrogen) atoms. The van der Waals surface area contributed by atoms with Crippen molar-refractivity contribution in [1.29, 1.82) is 0 Å². The predicted molar refractivity (Wildman–Crippen MR) is 130 cm³/mol. The van der Waals surface area contributed by atoms with Gasteiger partial charge in [-0.1, -0.05) is 0 Å². The first-order chi connectivity index (χ1) is 14.9. The van der Waals surface area contributed by atoms with Crippen LogP contribution in [0.1, 0.15) is 16.7 Å². The first-order valence-corrected chi connectivity index (χ1v) is 12.7. The zero-order valence-electron chi connectivity index (χ0n) is 19.8. The summed E-state index contributed by atoms with van der Waals surface area (Å²) in [7, 11) is 13.0. The van der Waals surface area contributed by atoms with Crippen LogP contribution < -0.4 is 13.3 Å². The van der Waals surface area contributed by atoms with Gasteiger partial charge in [0.1, 0.15) is 0 Å². The molecule has 0 atom stereocenters. The Hall–Kier alpha value is -1.93. The maximum absolute atomic E-state index is 2.38. The number of hydrogen-bond donors (Lipinski definition) is 0. The van der Waals surface area contributed by atoms with Crippen molar-refractivity contribution in [2.24, 2.45) is 0 Å². The van der Waals surface area contributed by atoms with Gasteiger partial charge in [-0.2, -0.15) is 0 Å². The fourth-order valence-electron chi connectivity index (χ4n) is 3.88. The van der Waals surface area contributed by atoms with Crippen LogP contribution in [0.25, 0.3) is 0 Å². The summed E-state index contributed by atoms with van der Waals surface area (Å²) in [5.41, 5.74) is 4.32. The van der Waals surface area contributed by atoms with Crippen LogP contribution in [0.3, 0.4) is 0 Å². The number of hydrogen-bond acceptors (Lipinski definition) is 3. The third kappa shape index (κ3) is 6.29. The summed E-state index contributed by atoms with van der Waals surface area (Å²) in [4.78, 5) is 6.83. The minimum absolute atomic E-state index is 0.960. The van der Waals surface area contributed by atoms with Crippen LogP contribution in [-0.4, -0.2) is 57.0 Å². The van der Waals surface area contributed by atoms with E-state index in [1.54, 1.807) is 0 Å². The Morgan fingerprint density at radius 1 is 0.452 bits per heavy atom. The molecular weight excluding hydrogens is 418 g/mol. The molecule has 0 spiro atoms. The van der Waals surface area contributed by atoms with Gasteiger partial charge in [-0.3, -0.25) is 0 Å². The molecule has 0 saturated carbocycles. The number of benzene rings is 3. The van der Waals surface area contributed by atoms with Crippen LogP contribution in [0.5, 0.6) is 0 Å². The van der Waals surface area contributed by atoms with Crippen molar-refractivity contribution >= 4 is 13.3 Å². The van der Waals surface area contributed by atoms with Gasteiger partial charge >= 0.3 is 194 Å². The number of rotatable bonds is 9. The van der Waals surface area contributed by atoms with Gasteiger partial charge in [0.05, 0.1) is 0 Å². The van der Waals surface area contributed by atoms with Crippen LogP contribution in [0, 0.1) is 0 Å². The van der Waals surface area contributed by atoms with E-state index in [0.717, 1.165) is 19.6 Å². The van der Waals surface area contributed by atoms with E-state index < -0.39 is 14.1 Å². The standard InChI is InChI=1S/3C9H12N.Cr/c3*1-10(2)8-9-6-4-3-5-7-9;/h3*3-6H,8H2,1-2H3;. The second kappa shape index (κ2) is 11.1. The molecule has 0 heterocycles. The van der Waals surface area contributed by atoms with E-state index in [-0.39, 0.29) is 0 Å². The van der Waals surface area contributed by atoms with Crippen molar-refractivity contribution in [3.63, 3.8) is 0 Å². The van der Waals surface area contributed by atoms with E-state index in [0.29, 0.717) is 0 Å². The average Bonchev–Trinajstić information content (AvgIpc) is 2.70. The summed E-state index contributed by atoms with van der Waals surface area (Å²) in [6.45, 7) is 2.88. The molecule has 0 aliphatic carbocycles. The van der Waals surface area contributed by atoms with Crippen molar-refractivity contribution in [1.82, 2.24) is 14.7 Å². The molecular formula is C27H36CrN3. The van der Waals surface area contributed by atoms with Crippen molar-refractivity contribution < 1.29 is 14.1 Å². The molecule has 3 rings (SSSR count). The Morgan fingerprint density at radius 3 is 0.968 bits per heavy atom. The zero-order valence-corrected chi connectivity index (χ0v) is 21.1. The van der Waals surface area contributed by atoms with Crippen LogP contribution >= 0.6 is 0 Å². The molecule has 0 amide bonds. The van der Waals surface area contributed by atoms with Gasteiger partial charge < -0.3 is 0 Å².